The van der Waals surface area contributed by atoms with Gasteiger partial charge < -0.3 is 9.30 Å². The van der Waals surface area contributed by atoms with Crippen molar-refractivity contribution < 1.29 is 13.5 Å². The molecule has 2 aromatic heterocycles. The normalized spacial score (nSPS) is 10.9. The van der Waals surface area contributed by atoms with Crippen molar-refractivity contribution in [2.24, 2.45) is 0 Å². The van der Waals surface area contributed by atoms with Crippen molar-refractivity contribution in [3.05, 3.63) is 85.8 Å². The van der Waals surface area contributed by atoms with Gasteiger partial charge in [0.1, 0.15) is 34.3 Å². The Hall–Kier alpha value is -2.61. The lowest BCUT2D eigenvalue weighted by atomic mass is 10.2. The molecule has 0 saturated heterocycles. The van der Waals surface area contributed by atoms with Crippen LogP contribution in [-0.4, -0.2) is 14.5 Å². The Balaban J connectivity index is 1.83. The molecular formula is C19H16BrF2N3O2. The van der Waals surface area contributed by atoms with Crippen LogP contribution in [0.3, 0.4) is 0 Å². The number of hydrogen-bond donors (Lipinski definition) is 0. The van der Waals surface area contributed by atoms with Gasteiger partial charge in [-0.3, -0.25) is 4.79 Å². The molecule has 0 aliphatic heterocycles. The summed E-state index contributed by atoms with van der Waals surface area (Å²) in [5, 5.41) is 0. The molecule has 3 rings (SSSR count). The zero-order valence-electron chi connectivity index (χ0n) is 14.7. The number of aromatic nitrogens is 3. The maximum Gasteiger partial charge on any atom is 0.269 e. The van der Waals surface area contributed by atoms with E-state index >= 15 is 0 Å². The zero-order valence-corrected chi connectivity index (χ0v) is 16.3. The summed E-state index contributed by atoms with van der Waals surface area (Å²) in [7, 11) is 0. The van der Waals surface area contributed by atoms with Crippen molar-refractivity contribution in [2.75, 3.05) is 0 Å². The highest BCUT2D eigenvalue weighted by atomic mass is 79.9. The maximum atomic E-state index is 13.7. The monoisotopic (exact) mass is 435 g/mol. The molecule has 27 heavy (non-hydrogen) atoms. The first-order chi connectivity index (χ1) is 12.8. The number of benzene rings is 1. The average molecular weight is 436 g/mol. The molecule has 3 aromatic rings. The summed E-state index contributed by atoms with van der Waals surface area (Å²) in [5.41, 5.74) is 1.37. The molecule has 0 atom stereocenters. The molecule has 0 aliphatic carbocycles. The van der Waals surface area contributed by atoms with E-state index < -0.39 is 11.6 Å². The van der Waals surface area contributed by atoms with Crippen LogP contribution in [0, 0.1) is 25.5 Å². The maximum absolute atomic E-state index is 13.7. The van der Waals surface area contributed by atoms with Gasteiger partial charge in [0.15, 0.2) is 0 Å². The van der Waals surface area contributed by atoms with Gasteiger partial charge >= 0.3 is 0 Å². The number of ether oxygens (including phenoxy) is 1. The van der Waals surface area contributed by atoms with E-state index in [2.05, 4.69) is 25.9 Å². The van der Waals surface area contributed by atoms with Gasteiger partial charge in [0.05, 0.1) is 6.54 Å². The molecule has 5 nitrogen and oxygen atoms in total. The second-order valence-electron chi connectivity index (χ2n) is 6.02. The number of rotatable bonds is 5. The first kappa shape index (κ1) is 19.2. The number of hydrogen-bond acceptors (Lipinski definition) is 4. The van der Waals surface area contributed by atoms with Crippen LogP contribution in [0.15, 0.2) is 45.9 Å². The predicted octanol–water partition coefficient (Wildman–Crippen LogP) is 3.92. The van der Waals surface area contributed by atoms with E-state index in [1.165, 1.54) is 6.07 Å². The van der Waals surface area contributed by atoms with Crippen molar-refractivity contribution in [1.82, 2.24) is 14.5 Å². The molecule has 140 valence electrons. The topological polar surface area (TPSA) is 57.0 Å². The van der Waals surface area contributed by atoms with Crippen LogP contribution in [0.25, 0.3) is 0 Å². The third kappa shape index (κ3) is 4.39. The Morgan fingerprint density at radius 2 is 1.85 bits per heavy atom. The molecular weight excluding hydrogens is 420 g/mol. The van der Waals surface area contributed by atoms with E-state index in [1.54, 1.807) is 36.9 Å². The summed E-state index contributed by atoms with van der Waals surface area (Å²) in [4.78, 5) is 20.9. The minimum atomic E-state index is -0.699. The summed E-state index contributed by atoms with van der Waals surface area (Å²) in [6.45, 7) is 3.75. The molecule has 8 heteroatoms. The van der Waals surface area contributed by atoms with Gasteiger partial charge in [-0.25, -0.2) is 18.7 Å². The standard InChI is InChI=1S/C19H16BrF2N3O2/c1-11-5-17(27-10-14-3-4-15(21)6-16(14)22)18(20)19(26)25(11)9-13-7-23-12(2)24-8-13/h3-8H,9-10H2,1-2H3. The second kappa shape index (κ2) is 7.96. The molecule has 0 unspecified atom stereocenters. The van der Waals surface area contributed by atoms with Crippen LogP contribution < -0.4 is 10.3 Å². The van der Waals surface area contributed by atoms with Gasteiger partial charge in [0.25, 0.3) is 5.56 Å². The average Bonchev–Trinajstić information content (AvgIpc) is 2.63. The van der Waals surface area contributed by atoms with Gasteiger partial charge in [0.2, 0.25) is 0 Å². The summed E-state index contributed by atoms with van der Waals surface area (Å²) in [6, 6.07) is 4.94. The van der Waals surface area contributed by atoms with Gasteiger partial charge in [-0.05, 0) is 41.9 Å². The molecule has 0 aliphatic rings. The predicted molar refractivity (Wildman–Crippen MR) is 99.7 cm³/mol. The molecule has 0 fully saturated rings. The fourth-order valence-electron chi connectivity index (χ4n) is 2.49. The van der Waals surface area contributed by atoms with Crippen molar-refractivity contribution in [3.63, 3.8) is 0 Å². The van der Waals surface area contributed by atoms with Crippen LogP contribution >= 0.6 is 15.9 Å². The zero-order chi connectivity index (χ0) is 19.6. The summed E-state index contributed by atoms with van der Waals surface area (Å²) in [5.74, 6) is -0.412. The first-order valence-corrected chi connectivity index (χ1v) is 8.88. The van der Waals surface area contributed by atoms with Crippen molar-refractivity contribution in [2.45, 2.75) is 27.0 Å². The summed E-state index contributed by atoms with van der Waals surface area (Å²) >= 11 is 3.25. The molecule has 0 amide bonds. The van der Waals surface area contributed by atoms with Gasteiger partial charge in [0, 0.05) is 41.3 Å². The fraction of sp³-hybridized carbons (Fsp3) is 0.211. The van der Waals surface area contributed by atoms with E-state index in [1.807, 2.05) is 0 Å². The lowest BCUT2D eigenvalue weighted by Gasteiger charge is -2.14. The van der Waals surface area contributed by atoms with Crippen molar-refractivity contribution in [3.8, 4) is 5.75 Å². The highest BCUT2D eigenvalue weighted by Gasteiger charge is 2.14. The van der Waals surface area contributed by atoms with Crippen LogP contribution in [-0.2, 0) is 13.2 Å². The molecule has 1 aromatic carbocycles. The molecule has 0 N–H and O–H groups in total. The highest BCUT2D eigenvalue weighted by Crippen LogP contribution is 2.24. The van der Waals surface area contributed by atoms with E-state index in [0.717, 1.165) is 17.7 Å². The van der Waals surface area contributed by atoms with Crippen LogP contribution in [0.2, 0.25) is 0 Å². The molecule has 0 radical (unpaired) electrons. The Bertz CT molecular complexity index is 1040. The summed E-state index contributed by atoms with van der Waals surface area (Å²) < 4.78 is 34.1. The largest absolute Gasteiger partial charge is 0.487 e. The SMILES string of the molecule is Cc1ncc(Cn2c(C)cc(OCc3ccc(F)cc3F)c(Br)c2=O)cn1. The quantitative estimate of drug-likeness (QED) is 0.609. The van der Waals surface area contributed by atoms with E-state index in [4.69, 9.17) is 4.74 Å². The van der Waals surface area contributed by atoms with Crippen LogP contribution in [0.5, 0.6) is 5.75 Å². The minimum Gasteiger partial charge on any atom is -0.487 e. The minimum absolute atomic E-state index is 0.126. The molecule has 2 heterocycles. The van der Waals surface area contributed by atoms with Crippen molar-refractivity contribution in [1.29, 1.82) is 0 Å². The number of nitrogens with zero attached hydrogens (tertiary/aromatic N) is 3. The highest BCUT2D eigenvalue weighted by molar-refractivity contribution is 9.10. The number of pyridine rings is 1. The second-order valence-corrected chi connectivity index (χ2v) is 6.81. The van der Waals surface area contributed by atoms with Crippen LogP contribution in [0.1, 0.15) is 22.6 Å². The number of halogens is 3. The lowest BCUT2D eigenvalue weighted by Crippen LogP contribution is -2.24. The Labute approximate surface area is 162 Å². The first-order valence-electron chi connectivity index (χ1n) is 8.09. The van der Waals surface area contributed by atoms with Gasteiger partial charge in [-0.15, -0.1) is 0 Å². The van der Waals surface area contributed by atoms with E-state index in [9.17, 15) is 13.6 Å². The third-order valence-corrected chi connectivity index (χ3v) is 4.72. The third-order valence-electron chi connectivity index (χ3n) is 3.99. The molecule has 0 saturated carbocycles. The number of aryl methyl sites for hydroxylation is 2. The van der Waals surface area contributed by atoms with Gasteiger partial charge in [-0.2, -0.15) is 0 Å². The van der Waals surface area contributed by atoms with Crippen LogP contribution in [0.4, 0.5) is 8.78 Å². The summed E-state index contributed by atoms with van der Waals surface area (Å²) in [6.07, 6.45) is 3.34. The Morgan fingerprint density at radius 3 is 2.52 bits per heavy atom. The van der Waals surface area contributed by atoms with Crippen molar-refractivity contribution >= 4 is 15.9 Å². The smallest absolute Gasteiger partial charge is 0.269 e. The molecule has 0 bridgehead atoms. The lowest BCUT2D eigenvalue weighted by molar-refractivity contribution is 0.295. The molecule has 0 spiro atoms. The van der Waals surface area contributed by atoms with E-state index in [-0.39, 0.29) is 28.0 Å². The Kier molecular flexibility index (Phi) is 5.65. The van der Waals surface area contributed by atoms with Gasteiger partial charge in [-0.1, -0.05) is 0 Å². The fourth-order valence-corrected chi connectivity index (χ4v) is 2.94. The Morgan fingerprint density at radius 1 is 1.15 bits per heavy atom. The van der Waals surface area contributed by atoms with E-state index in [0.29, 0.717) is 18.1 Å².